The fourth-order valence-electron chi connectivity index (χ4n) is 2.69. The third kappa shape index (κ3) is 2.67. The van der Waals surface area contributed by atoms with Gasteiger partial charge in [0.2, 0.25) is 0 Å². The molecule has 1 fully saturated rings. The zero-order valence-corrected chi connectivity index (χ0v) is 12.0. The standard InChI is InChI=1S/C16H21NO3/c1-3-19-13-8-12(9-13)17-10-14-7-11-5-4-6-15(18-2)16(11)20-14/h4-7,12-13,17H,3,8-10H2,1-2H3. The van der Waals surface area contributed by atoms with Crippen molar-refractivity contribution in [2.24, 2.45) is 0 Å². The molecule has 1 aliphatic rings. The van der Waals surface area contributed by atoms with Gasteiger partial charge in [-0.05, 0) is 31.9 Å². The van der Waals surface area contributed by atoms with Gasteiger partial charge in [-0.3, -0.25) is 0 Å². The molecular weight excluding hydrogens is 254 g/mol. The van der Waals surface area contributed by atoms with Crippen LogP contribution in [0.1, 0.15) is 25.5 Å². The fourth-order valence-corrected chi connectivity index (χ4v) is 2.69. The van der Waals surface area contributed by atoms with E-state index in [1.165, 1.54) is 0 Å². The molecule has 0 bridgehead atoms. The molecular formula is C16H21NO3. The van der Waals surface area contributed by atoms with Crippen molar-refractivity contribution in [1.29, 1.82) is 0 Å². The molecule has 2 aromatic rings. The molecule has 0 aliphatic heterocycles. The number of benzene rings is 1. The SMILES string of the molecule is CCOC1CC(NCc2cc3cccc(OC)c3o2)C1. The lowest BCUT2D eigenvalue weighted by atomic mass is 9.89. The van der Waals surface area contributed by atoms with Gasteiger partial charge in [0.15, 0.2) is 11.3 Å². The van der Waals surface area contributed by atoms with E-state index in [9.17, 15) is 0 Å². The molecule has 1 aromatic heterocycles. The summed E-state index contributed by atoms with van der Waals surface area (Å²) in [6.45, 7) is 3.60. The molecule has 0 unspecified atom stereocenters. The third-order valence-electron chi connectivity index (χ3n) is 3.84. The second kappa shape index (κ2) is 5.85. The normalized spacial score (nSPS) is 21.9. The number of hydrogen-bond donors (Lipinski definition) is 1. The molecule has 3 rings (SSSR count). The Bertz CT molecular complexity index is 572. The Morgan fingerprint density at radius 1 is 1.35 bits per heavy atom. The van der Waals surface area contributed by atoms with Gasteiger partial charge in [0.05, 0.1) is 19.8 Å². The zero-order valence-electron chi connectivity index (χ0n) is 12.0. The topological polar surface area (TPSA) is 43.6 Å². The first-order valence-electron chi connectivity index (χ1n) is 7.20. The first kappa shape index (κ1) is 13.5. The summed E-state index contributed by atoms with van der Waals surface area (Å²) in [6, 6.07) is 8.55. The number of furan rings is 1. The van der Waals surface area contributed by atoms with Crippen LogP contribution in [0.5, 0.6) is 5.75 Å². The molecule has 108 valence electrons. The van der Waals surface area contributed by atoms with E-state index in [1.54, 1.807) is 7.11 Å². The van der Waals surface area contributed by atoms with Gasteiger partial charge >= 0.3 is 0 Å². The van der Waals surface area contributed by atoms with Crippen molar-refractivity contribution in [1.82, 2.24) is 5.32 Å². The number of nitrogens with one attached hydrogen (secondary N) is 1. The van der Waals surface area contributed by atoms with Gasteiger partial charge in [0.1, 0.15) is 5.76 Å². The Hall–Kier alpha value is -1.52. The van der Waals surface area contributed by atoms with E-state index in [0.717, 1.165) is 48.5 Å². The van der Waals surface area contributed by atoms with Gasteiger partial charge in [-0.25, -0.2) is 0 Å². The number of rotatable bonds is 6. The molecule has 0 radical (unpaired) electrons. The minimum absolute atomic E-state index is 0.438. The molecule has 1 aliphatic carbocycles. The lowest BCUT2D eigenvalue weighted by Gasteiger charge is -2.35. The average Bonchev–Trinajstić information content (AvgIpc) is 2.83. The summed E-state index contributed by atoms with van der Waals surface area (Å²) >= 11 is 0. The predicted octanol–water partition coefficient (Wildman–Crippen LogP) is 3.10. The van der Waals surface area contributed by atoms with Crippen LogP contribution in [0.2, 0.25) is 0 Å². The lowest BCUT2D eigenvalue weighted by Crippen LogP contribution is -2.45. The Morgan fingerprint density at radius 2 is 2.20 bits per heavy atom. The zero-order chi connectivity index (χ0) is 13.9. The van der Waals surface area contributed by atoms with E-state index in [1.807, 2.05) is 25.1 Å². The Morgan fingerprint density at radius 3 is 2.95 bits per heavy atom. The van der Waals surface area contributed by atoms with E-state index in [4.69, 9.17) is 13.9 Å². The van der Waals surface area contributed by atoms with Crippen molar-refractivity contribution in [2.75, 3.05) is 13.7 Å². The van der Waals surface area contributed by atoms with Crippen LogP contribution in [0.25, 0.3) is 11.0 Å². The highest BCUT2D eigenvalue weighted by Crippen LogP contribution is 2.29. The maximum absolute atomic E-state index is 5.86. The Kier molecular flexibility index (Phi) is 3.94. The highest BCUT2D eigenvalue weighted by atomic mass is 16.5. The van der Waals surface area contributed by atoms with Gasteiger partial charge < -0.3 is 19.2 Å². The summed E-state index contributed by atoms with van der Waals surface area (Å²) in [4.78, 5) is 0. The summed E-state index contributed by atoms with van der Waals surface area (Å²) in [5.74, 6) is 1.73. The smallest absolute Gasteiger partial charge is 0.176 e. The number of fused-ring (bicyclic) bond motifs is 1. The summed E-state index contributed by atoms with van der Waals surface area (Å²) in [5, 5.41) is 4.59. The van der Waals surface area contributed by atoms with Crippen molar-refractivity contribution in [3.05, 3.63) is 30.0 Å². The number of hydrogen-bond acceptors (Lipinski definition) is 4. The minimum Gasteiger partial charge on any atom is -0.493 e. The van der Waals surface area contributed by atoms with Gasteiger partial charge in [-0.2, -0.15) is 0 Å². The Balaban J connectivity index is 1.59. The van der Waals surface area contributed by atoms with Gasteiger partial charge in [-0.1, -0.05) is 12.1 Å². The van der Waals surface area contributed by atoms with Crippen LogP contribution in [0.15, 0.2) is 28.7 Å². The minimum atomic E-state index is 0.438. The third-order valence-corrected chi connectivity index (χ3v) is 3.84. The van der Waals surface area contributed by atoms with E-state index in [0.29, 0.717) is 12.1 Å². The molecule has 0 saturated heterocycles. The first-order chi connectivity index (χ1) is 9.80. The average molecular weight is 275 g/mol. The van der Waals surface area contributed by atoms with E-state index in [2.05, 4.69) is 11.4 Å². The van der Waals surface area contributed by atoms with Crippen LogP contribution in [-0.4, -0.2) is 25.9 Å². The van der Waals surface area contributed by atoms with Crippen LogP contribution < -0.4 is 10.1 Å². The predicted molar refractivity (Wildman–Crippen MR) is 78.0 cm³/mol. The summed E-state index contributed by atoms with van der Waals surface area (Å²) in [5.41, 5.74) is 0.826. The molecule has 4 nitrogen and oxygen atoms in total. The van der Waals surface area contributed by atoms with Gasteiger partial charge in [0, 0.05) is 18.0 Å². The van der Waals surface area contributed by atoms with Crippen molar-refractivity contribution in [2.45, 2.75) is 38.5 Å². The molecule has 1 N–H and O–H groups in total. The summed E-state index contributed by atoms with van der Waals surface area (Å²) in [7, 11) is 1.66. The second-order valence-corrected chi connectivity index (χ2v) is 5.22. The molecule has 1 aromatic carbocycles. The van der Waals surface area contributed by atoms with Crippen LogP contribution in [0, 0.1) is 0 Å². The number of ether oxygens (including phenoxy) is 2. The maximum Gasteiger partial charge on any atom is 0.176 e. The van der Waals surface area contributed by atoms with Crippen LogP contribution in [0.4, 0.5) is 0 Å². The molecule has 0 amide bonds. The highest BCUT2D eigenvalue weighted by Gasteiger charge is 2.29. The van der Waals surface area contributed by atoms with Crippen molar-refractivity contribution in [3.8, 4) is 5.75 Å². The van der Waals surface area contributed by atoms with Gasteiger partial charge in [-0.15, -0.1) is 0 Å². The second-order valence-electron chi connectivity index (χ2n) is 5.22. The van der Waals surface area contributed by atoms with E-state index in [-0.39, 0.29) is 0 Å². The maximum atomic E-state index is 5.86. The van der Waals surface area contributed by atoms with Crippen molar-refractivity contribution >= 4 is 11.0 Å². The molecule has 1 saturated carbocycles. The highest BCUT2D eigenvalue weighted by molar-refractivity contribution is 5.83. The summed E-state index contributed by atoms with van der Waals surface area (Å²) in [6.07, 6.45) is 2.63. The Labute approximate surface area is 119 Å². The van der Waals surface area contributed by atoms with Crippen molar-refractivity contribution < 1.29 is 13.9 Å². The molecule has 0 atom stereocenters. The van der Waals surface area contributed by atoms with E-state index < -0.39 is 0 Å². The number of methoxy groups -OCH3 is 1. The van der Waals surface area contributed by atoms with Crippen LogP contribution >= 0.6 is 0 Å². The molecule has 20 heavy (non-hydrogen) atoms. The monoisotopic (exact) mass is 275 g/mol. The first-order valence-corrected chi connectivity index (χ1v) is 7.20. The quantitative estimate of drug-likeness (QED) is 0.879. The molecule has 0 spiro atoms. The lowest BCUT2D eigenvalue weighted by molar-refractivity contribution is -0.0105. The largest absolute Gasteiger partial charge is 0.493 e. The fraction of sp³-hybridized carbons (Fsp3) is 0.500. The number of para-hydroxylation sites is 1. The molecule has 1 heterocycles. The van der Waals surface area contributed by atoms with Crippen LogP contribution in [-0.2, 0) is 11.3 Å². The van der Waals surface area contributed by atoms with Crippen molar-refractivity contribution in [3.63, 3.8) is 0 Å². The van der Waals surface area contributed by atoms with Gasteiger partial charge in [0.25, 0.3) is 0 Å². The molecule has 4 heteroatoms. The van der Waals surface area contributed by atoms with Crippen LogP contribution in [0.3, 0.4) is 0 Å². The van der Waals surface area contributed by atoms with E-state index >= 15 is 0 Å². The summed E-state index contributed by atoms with van der Waals surface area (Å²) < 4.78 is 16.7.